The Morgan fingerprint density at radius 2 is 1.82 bits per heavy atom. The summed E-state index contributed by atoms with van der Waals surface area (Å²) in [6, 6.07) is 0. The van der Waals surface area contributed by atoms with Crippen LogP contribution in [-0.4, -0.2) is 62.0 Å². The second-order valence-electron chi connectivity index (χ2n) is 9.96. The van der Waals surface area contributed by atoms with Crippen molar-refractivity contribution in [3.63, 3.8) is 0 Å². The standard InChI is InChI=1S/C29H39N3O8/c1-16-13-20(38-5)11-7-9-17(2)27(40-29(30)37)24(39-6)12-8-10-18(3)28(36)32-22-15-23(34)25(31-19(4)33)21(14-16)26(22)35/h8-10,12,15-16,20,24,27H,7,11,13-14H2,1-6H3,(H2,30,37)(H,31,33)(H,32,36)/b12-8-,17-9+,18-10+/t16?,20-,24+,27+/m1/s1. The van der Waals surface area contributed by atoms with Crippen LogP contribution in [0.1, 0.15) is 53.4 Å². The molecular formula is C29H39N3O8. The normalized spacial score (nSPS) is 28.9. The zero-order chi connectivity index (χ0) is 30.0. The maximum atomic E-state index is 13.4. The van der Waals surface area contributed by atoms with E-state index in [2.05, 4.69) is 10.6 Å². The third kappa shape index (κ3) is 9.13. The summed E-state index contributed by atoms with van der Waals surface area (Å²) >= 11 is 0. The van der Waals surface area contributed by atoms with Crippen LogP contribution in [0, 0.1) is 5.92 Å². The molecule has 0 aromatic rings. The van der Waals surface area contributed by atoms with Gasteiger partial charge in [-0.3, -0.25) is 19.2 Å². The third-order valence-electron chi connectivity index (χ3n) is 6.67. The summed E-state index contributed by atoms with van der Waals surface area (Å²) in [5, 5.41) is 5.01. The van der Waals surface area contributed by atoms with E-state index in [4.69, 9.17) is 19.9 Å². The quantitative estimate of drug-likeness (QED) is 0.351. The molecule has 11 nitrogen and oxygen atoms in total. The molecule has 218 valence electrons. The SMILES string of the molecule is CO[C@@H]1CC/C=C(\C)[C@H](OC(N)=O)[C@@H](OC)/C=C\C=C(/C)C(=O)NC2=CC(=O)C(NC(C)=O)=C(CC(C)C1)C2=O. The van der Waals surface area contributed by atoms with Crippen LogP contribution in [-0.2, 0) is 33.4 Å². The molecule has 1 heterocycles. The van der Waals surface area contributed by atoms with Gasteiger partial charge in [-0.15, -0.1) is 0 Å². The van der Waals surface area contributed by atoms with Crippen LogP contribution >= 0.6 is 0 Å². The number of primary amides is 1. The van der Waals surface area contributed by atoms with Gasteiger partial charge in [0.2, 0.25) is 17.5 Å². The van der Waals surface area contributed by atoms with Crippen LogP contribution in [0.2, 0.25) is 0 Å². The minimum Gasteiger partial charge on any atom is -0.439 e. The first-order chi connectivity index (χ1) is 18.9. The van der Waals surface area contributed by atoms with Crippen LogP contribution in [0.4, 0.5) is 4.79 Å². The summed E-state index contributed by atoms with van der Waals surface area (Å²) in [5.74, 6) is -2.31. The second kappa shape index (κ2) is 15.1. The zero-order valence-electron chi connectivity index (χ0n) is 23.9. The van der Waals surface area contributed by atoms with Crippen LogP contribution in [0.25, 0.3) is 0 Å². The largest absolute Gasteiger partial charge is 0.439 e. The van der Waals surface area contributed by atoms with E-state index in [0.717, 1.165) is 11.6 Å². The number of fused-ring (bicyclic) bond motifs is 2. The number of hydrogen-bond donors (Lipinski definition) is 3. The Bertz CT molecular complexity index is 1180. The Kier molecular flexibility index (Phi) is 12.2. The van der Waals surface area contributed by atoms with E-state index in [0.29, 0.717) is 19.3 Å². The van der Waals surface area contributed by atoms with E-state index in [9.17, 15) is 24.0 Å². The fourth-order valence-corrected chi connectivity index (χ4v) is 4.57. The van der Waals surface area contributed by atoms with Crippen molar-refractivity contribution in [2.75, 3.05) is 14.2 Å². The number of nitrogens with one attached hydrogen (secondary N) is 2. The van der Waals surface area contributed by atoms with Gasteiger partial charge in [-0.25, -0.2) is 4.79 Å². The predicted molar refractivity (Wildman–Crippen MR) is 147 cm³/mol. The molecule has 0 saturated heterocycles. The van der Waals surface area contributed by atoms with E-state index in [1.54, 1.807) is 19.3 Å². The van der Waals surface area contributed by atoms with E-state index < -0.39 is 41.7 Å². The van der Waals surface area contributed by atoms with Crippen molar-refractivity contribution in [3.8, 4) is 0 Å². The van der Waals surface area contributed by atoms with Gasteiger partial charge in [0, 0.05) is 38.4 Å². The van der Waals surface area contributed by atoms with Gasteiger partial charge >= 0.3 is 6.09 Å². The van der Waals surface area contributed by atoms with Crippen molar-refractivity contribution >= 4 is 29.5 Å². The minimum atomic E-state index is -0.951. The highest BCUT2D eigenvalue weighted by Crippen LogP contribution is 2.27. The number of methoxy groups -OCH3 is 2. The maximum absolute atomic E-state index is 13.4. The van der Waals surface area contributed by atoms with E-state index in [1.165, 1.54) is 27.0 Å². The lowest BCUT2D eigenvalue weighted by atomic mass is 9.87. The Labute approximate surface area is 234 Å². The highest BCUT2D eigenvalue weighted by molar-refractivity contribution is 6.24. The molecule has 2 aliphatic rings. The predicted octanol–water partition coefficient (Wildman–Crippen LogP) is 2.68. The van der Waals surface area contributed by atoms with E-state index in [1.807, 2.05) is 19.9 Å². The van der Waals surface area contributed by atoms with E-state index >= 15 is 0 Å². The molecule has 2 rings (SSSR count). The Hall–Kier alpha value is -3.83. The molecule has 0 spiro atoms. The maximum Gasteiger partial charge on any atom is 0.405 e. The summed E-state index contributed by atoms with van der Waals surface area (Å²) < 4.78 is 16.5. The van der Waals surface area contributed by atoms with Gasteiger partial charge in [0.15, 0.2) is 6.10 Å². The van der Waals surface area contributed by atoms with Crippen molar-refractivity contribution in [2.45, 2.75) is 71.7 Å². The highest BCUT2D eigenvalue weighted by Gasteiger charge is 2.32. The topological polar surface area (TPSA) is 163 Å². The first-order valence-electron chi connectivity index (χ1n) is 13.0. The number of carbonyl (C=O) groups is 5. The van der Waals surface area contributed by atoms with Crippen molar-refractivity contribution < 1.29 is 38.2 Å². The molecule has 40 heavy (non-hydrogen) atoms. The van der Waals surface area contributed by atoms with Gasteiger partial charge in [0.25, 0.3) is 5.91 Å². The summed E-state index contributed by atoms with van der Waals surface area (Å²) in [7, 11) is 3.05. The average molecular weight is 558 g/mol. The van der Waals surface area contributed by atoms with Crippen LogP contribution in [0.15, 0.2) is 58.5 Å². The molecule has 1 aliphatic carbocycles. The average Bonchev–Trinajstić information content (AvgIpc) is 2.88. The van der Waals surface area contributed by atoms with Crippen molar-refractivity contribution in [1.82, 2.24) is 10.6 Å². The van der Waals surface area contributed by atoms with E-state index in [-0.39, 0.29) is 41.0 Å². The van der Waals surface area contributed by atoms with Crippen LogP contribution in [0.5, 0.6) is 0 Å². The molecule has 0 fully saturated rings. The van der Waals surface area contributed by atoms with Crippen LogP contribution in [0.3, 0.4) is 0 Å². The number of allylic oxidation sites excluding steroid dienone is 5. The van der Waals surface area contributed by atoms with Gasteiger partial charge in [-0.2, -0.15) is 0 Å². The van der Waals surface area contributed by atoms with Crippen molar-refractivity contribution in [3.05, 3.63) is 58.5 Å². The molecule has 4 N–H and O–H groups in total. The van der Waals surface area contributed by atoms with Gasteiger partial charge in [-0.1, -0.05) is 31.2 Å². The fourth-order valence-electron chi connectivity index (χ4n) is 4.57. The lowest BCUT2D eigenvalue weighted by molar-refractivity contribution is -0.122. The molecule has 2 bridgehead atoms. The monoisotopic (exact) mass is 557 g/mol. The molecule has 3 amide bonds. The lowest BCUT2D eigenvalue weighted by Gasteiger charge is -2.25. The minimum absolute atomic E-state index is 0.0814. The molecule has 0 aromatic carbocycles. The fraction of sp³-hybridized carbons (Fsp3) is 0.483. The molecule has 1 unspecified atom stereocenters. The first-order valence-corrected chi connectivity index (χ1v) is 13.0. The number of hydrogen-bond acceptors (Lipinski definition) is 8. The summed E-state index contributed by atoms with van der Waals surface area (Å²) in [5.41, 5.74) is 6.15. The molecule has 0 aromatic heterocycles. The Morgan fingerprint density at radius 3 is 2.42 bits per heavy atom. The van der Waals surface area contributed by atoms with Gasteiger partial charge in [0.05, 0.1) is 17.5 Å². The van der Waals surface area contributed by atoms with Crippen molar-refractivity contribution in [2.24, 2.45) is 11.7 Å². The summed E-state index contributed by atoms with van der Waals surface area (Å²) in [4.78, 5) is 62.6. The Balaban J connectivity index is 2.53. The van der Waals surface area contributed by atoms with Crippen molar-refractivity contribution in [1.29, 1.82) is 0 Å². The molecular weight excluding hydrogens is 518 g/mol. The smallest absolute Gasteiger partial charge is 0.405 e. The second-order valence-corrected chi connectivity index (χ2v) is 9.96. The molecule has 4 atom stereocenters. The molecule has 0 saturated carbocycles. The zero-order valence-corrected chi connectivity index (χ0v) is 23.9. The molecule has 1 aliphatic heterocycles. The number of ether oxygens (including phenoxy) is 3. The van der Waals surface area contributed by atoms with Crippen LogP contribution < -0.4 is 16.4 Å². The molecule has 0 radical (unpaired) electrons. The molecule has 11 heteroatoms. The van der Waals surface area contributed by atoms with Gasteiger partial charge < -0.3 is 30.6 Å². The number of ketones is 2. The van der Waals surface area contributed by atoms with Gasteiger partial charge in [0.1, 0.15) is 6.10 Å². The number of Topliss-reactive ketones (excluding diaryl/α,β-unsaturated/α-hetero) is 1. The highest BCUT2D eigenvalue weighted by atomic mass is 16.6. The number of nitrogens with two attached hydrogens (primary N) is 1. The third-order valence-corrected chi connectivity index (χ3v) is 6.67. The van der Waals surface area contributed by atoms with Gasteiger partial charge in [-0.05, 0) is 51.0 Å². The summed E-state index contributed by atoms with van der Waals surface area (Å²) in [6.45, 7) is 6.52. The number of amides is 3. The summed E-state index contributed by atoms with van der Waals surface area (Å²) in [6.07, 6.45) is 6.95. The number of rotatable bonds is 4. The Morgan fingerprint density at radius 1 is 1.12 bits per heavy atom. The first kappa shape index (κ1) is 32.4. The number of carbonyl (C=O) groups excluding carboxylic acids is 5. The lowest BCUT2D eigenvalue weighted by Crippen LogP contribution is -2.37.